The second-order valence-corrected chi connectivity index (χ2v) is 2.43. The van der Waals surface area contributed by atoms with Crippen molar-refractivity contribution >= 4 is 5.69 Å². The van der Waals surface area contributed by atoms with Crippen molar-refractivity contribution in [2.75, 3.05) is 5.73 Å². The van der Waals surface area contributed by atoms with Gasteiger partial charge in [-0.1, -0.05) is 0 Å². The third-order valence-corrected chi connectivity index (χ3v) is 1.43. The highest BCUT2D eigenvalue weighted by Crippen LogP contribution is 2.40. The third kappa shape index (κ3) is 1.77. The van der Waals surface area contributed by atoms with Gasteiger partial charge >= 0.3 is 6.18 Å². The first kappa shape index (κ1) is 9.50. The number of rotatable bonds is 0. The SMILES string of the molecule is Nc1cc(O)cc(C(F)(F)F)c1O. The summed E-state index contributed by atoms with van der Waals surface area (Å²) in [5.41, 5.74) is 3.16. The van der Waals surface area contributed by atoms with Crippen molar-refractivity contribution in [3.8, 4) is 11.5 Å². The largest absolute Gasteiger partial charge is 0.508 e. The number of hydrogen-bond donors (Lipinski definition) is 3. The molecule has 0 atom stereocenters. The van der Waals surface area contributed by atoms with Crippen LogP contribution in [0.4, 0.5) is 18.9 Å². The summed E-state index contributed by atoms with van der Waals surface area (Å²) in [7, 11) is 0. The summed E-state index contributed by atoms with van der Waals surface area (Å²) >= 11 is 0. The molecule has 6 heteroatoms. The van der Waals surface area contributed by atoms with Crippen LogP contribution >= 0.6 is 0 Å². The lowest BCUT2D eigenvalue weighted by atomic mass is 10.1. The van der Waals surface area contributed by atoms with Crippen molar-refractivity contribution in [1.82, 2.24) is 0 Å². The van der Waals surface area contributed by atoms with Crippen molar-refractivity contribution < 1.29 is 23.4 Å². The van der Waals surface area contributed by atoms with Crippen molar-refractivity contribution in [2.24, 2.45) is 0 Å². The maximum atomic E-state index is 12.1. The number of alkyl halides is 3. The van der Waals surface area contributed by atoms with Crippen molar-refractivity contribution in [1.29, 1.82) is 0 Å². The van der Waals surface area contributed by atoms with Crippen LogP contribution in [-0.2, 0) is 6.18 Å². The van der Waals surface area contributed by atoms with Crippen LogP contribution in [0, 0.1) is 0 Å². The molecule has 13 heavy (non-hydrogen) atoms. The van der Waals surface area contributed by atoms with Crippen LogP contribution in [0.1, 0.15) is 5.56 Å². The first-order valence-corrected chi connectivity index (χ1v) is 3.21. The van der Waals surface area contributed by atoms with Gasteiger partial charge in [0.2, 0.25) is 0 Å². The number of phenolic OH excluding ortho intramolecular Hbond substituents is 2. The Hall–Kier alpha value is -1.59. The third-order valence-electron chi connectivity index (χ3n) is 1.43. The molecule has 1 rings (SSSR count). The van der Waals surface area contributed by atoms with E-state index in [-0.39, 0.29) is 0 Å². The Bertz CT molecular complexity index is 335. The van der Waals surface area contributed by atoms with Gasteiger partial charge < -0.3 is 15.9 Å². The minimum Gasteiger partial charge on any atom is -0.508 e. The average molecular weight is 193 g/mol. The number of nitrogen functional groups attached to an aromatic ring is 1. The summed E-state index contributed by atoms with van der Waals surface area (Å²) in [6.07, 6.45) is -4.73. The Balaban J connectivity index is 3.37. The second-order valence-electron chi connectivity index (χ2n) is 2.43. The lowest BCUT2D eigenvalue weighted by molar-refractivity contribution is -0.138. The minimum atomic E-state index is -4.73. The van der Waals surface area contributed by atoms with Crippen molar-refractivity contribution in [3.05, 3.63) is 17.7 Å². The first-order chi connectivity index (χ1) is 5.82. The van der Waals surface area contributed by atoms with Gasteiger partial charge in [0, 0.05) is 6.07 Å². The van der Waals surface area contributed by atoms with Crippen LogP contribution in [0.5, 0.6) is 11.5 Å². The number of halogens is 3. The number of benzene rings is 1. The molecule has 0 unspecified atom stereocenters. The minimum absolute atomic E-state index is 0.408. The van der Waals surface area contributed by atoms with Crippen LogP contribution in [0.3, 0.4) is 0 Å². The predicted octanol–water partition coefficient (Wildman–Crippen LogP) is 1.70. The van der Waals surface area contributed by atoms with Gasteiger partial charge in [0.15, 0.2) is 5.75 Å². The van der Waals surface area contributed by atoms with Gasteiger partial charge in [0.25, 0.3) is 0 Å². The smallest absolute Gasteiger partial charge is 0.420 e. The van der Waals surface area contributed by atoms with Gasteiger partial charge in [-0.2, -0.15) is 13.2 Å². The molecule has 0 fully saturated rings. The first-order valence-electron chi connectivity index (χ1n) is 3.21. The van der Waals surface area contributed by atoms with Gasteiger partial charge in [0.1, 0.15) is 11.3 Å². The summed E-state index contributed by atoms with van der Waals surface area (Å²) in [6.45, 7) is 0. The number of hydrogen-bond acceptors (Lipinski definition) is 3. The standard InChI is InChI=1S/C7H6F3NO2/c8-7(9,10)4-1-3(12)2-5(11)6(4)13/h1-2,12-13H,11H2. The zero-order valence-corrected chi connectivity index (χ0v) is 6.26. The molecule has 0 aliphatic heterocycles. The fourth-order valence-electron chi connectivity index (χ4n) is 0.857. The lowest BCUT2D eigenvalue weighted by Gasteiger charge is -2.10. The van der Waals surface area contributed by atoms with Crippen LogP contribution in [0.25, 0.3) is 0 Å². The van der Waals surface area contributed by atoms with E-state index in [1.165, 1.54) is 0 Å². The Morgan fingerprint density at radius 1 is 1.15 bits per heavy atom. The van der Waals surface area contributed by atoms with Gasteiger partial charge in [-0.05, 0) is 6.07 Å². The fourth-order valence-corrected chi connectivity index (χ4v) is 0.857. The molecule has 0 saturated carbocycles. The highest BCUT2D eigenvalue weighted by Gasteiger charge is 2.35. The number of anilines is 1. The number of phenols is 2. The van der Waals surface area contributed by atoms with Gasteiger partial charge in [-0.3, -0.25) is 0 Å². The molecule has 0 heterocycles. The van der Waals surface area contributed by atoms with Crippen LogP contribution < -0.4 is 5.73 Å². The zero-order chi connectivity index (χ0) is 10.2. The molecule has 0 spiro atoms. The van der Waals surface area contributed by atoms with Gasteiger partial charge in [-0.15, -0.1) is 0 Å². The average Bonchev–Trinajstić information content (AvgIpc) is 1.94. The summed E-state index contributed by atoms with van der Waals surface area (Å²) < 4.78 is 36.2. The van der Waals surface area contributed by atoms with Crippen molar-refractivity contribution in [2.45, 2.75) is 6.18 Å². The van der Waals surface area contributed by atoms with Gasteiger partial charge in [-0.25, -0.2) is 0 Å². The van der Waals surface area contributed by atoms with E-state index in [9.17, 15) is 13.2 Å². The van der Waals surface area contributed by atoms with Gasteiger partial charge in [0.05, 0.1) is 5.69 Å². The van der Waals surface area contributed by atoms with E-state index in [1.54, 1.807) is 0 Å². The molecule has 0 aromatic heterocycles. The Labute approximate surface area is 71.2 Å². The topological polar surface area (TPSA) is 66.5 Å². The molecule has 0 bridgehead atoms. The Morgan fingerprint density at radius 3 is 2.15 bits per heavy atom. The van der Waals surface area contributed by atoms with E-state index in [0.29, 0.717) is 6.07 Å². The molecule has 1 aromatic carbocycles. The van der Waals surface area contributed by atoms with E-state index >= 15 is 0 Å². The Morgan fingerprint density at radius 2 is 1.69 bits per heavy atom. The zero-order valence-electron chi connectivity index (χ0n) is 6.26. The molecule has 0 radical (unpaired) electrons. The summed E-state index contributed by atoms with van der Waals surface area (Å²) in [4.78, 5) is 0. The lowest BCUT2D eigenvalue weighted by Crippen LogP contribution is -2.06. The van der Waals surface area contributed by atoms with Crippen LogP contribution in [0.2, 0.25) is 0 Å². The number of nitrogens with two attached hydrogens (primary N) is 1. The maximum Gasteiger partial charge on any atom is 0.420 e. The van der Waals surface area contributed by atoms with E-state index in [4.69, 9.17) is 15.9 Å². The summed E-state index contributed by atoms with van der Waals surface area (Å²) in [5, 5.41) is 17.7. The molecule has 72 valence electrons. The summed E-state index contributed by atoms with van der Waals surface area (Å²) in [6, 6.07) is 1.25. The highest BCUT2D eigenvalue weighted by atomic mass is 19.4. The van der Waals surface area contributed by atoms with E-state index in [1.807, 2.05) is 0 Å². The Kier molecular flexibility index (Phi) is 1.99. The second kappa shape index (κ2) is 2.72. The monoisotopic (exact) mass is 193 g/mol. The molecule has 3 nitrogen and oxygen atoms in total. The quantitative estimate of drug-likeness (QED) is 0.333. The van der Waals surface area contributed by atoms with Crippen molar-refractivity contribution in [3.63, 3.8) is 0 Å². The molecule has 0 aliphatic rings. The normalized spacial score (nSPS) is 11.6. The van der Waals surface area contributed by atoms with E-state index < -0.39 is 28.9 Å². The molecule has 1 aromatic rings. The molecular weight excluding hydrogens is 187 g/mol. The fraction of sp³-hybridized carbons (Fsp3) is 0.143. The maximum absolute atomic E-state index is 12.1. The molecule has 0 amide bonds. The van der Waals surface area contributed by atoms with Crippen LogP contribution in [-0.4, -0.2) is 10.2 Å². The molecule has 0 aliphatic carbocycles. The van der Waals surface area contributed by atoms with E-state index in [2.05, 4.69) is 0 Å². The highest BCUT2D eigenvalue weighted by molar-refractivity contribution is 5.60. The predicted molar refractivity (Wildman–Crippen MR) is 39.2 cm³/mol. The summed E-state index contributed by atoms with van der Waals surface area (Å²) in [5.74, 6) is -1.70. The number of aromatic hydroxyl groups is 2. The molecule has 4 N–H and O–H groups in total. The molecular formula is C7H6F3NO2. The molecule has 0 saturated heterocycles. The van der Waals surface area contributed by atoms with E-state index in [0.717, 1.165) is 6.07 Å². The van der Waals surface area contributed by atoms with Crippen LogP contribution in [0.15, 0.2) is 12.1 Å².